The summed E-state index contributed by atoms with van der Waals surface area (Å²) in [6.07, 6.45) is 2.89. The molecular weight excluding hydrogens is 245 g/mol. The smallest absolute Gasteiger partial charge is 0.138 e. The first-order valence-corrected chi connectivity index (χ1v) is 6.07. The van der Waals surface area contributed by atoms with E-state index in [1.807, 2.05) is 13.0 Å². The lowest BCUT2D eigenvalue weighted by molar-refractivity contribution is 0.415. The molecule has 0 aromatic heterocycles. The number of rotatable bonds is 5. The molecule has 2 nitrogen and oxygen atoms in total. The second-order valence-electron chi connectivity index (χ2n) is 3.95. The molecule has 1 rings (SSSR count). The van der Waals surface area contributed by atoms with E-state index < -0.39 is 0 Å². The van der Waals surface area contributed by atoms with E-state index in [-0.39, 0.29) is 6.04 Å². The van der Waals surface area contributed by atoms with Crippen LogP contribution in [0.2, 0.25) is 10.0 Å². The van der Waals surface area contributed by atoms with Crippen molar-refractivity contribution in [2.45, 2.75) is 32.2 Å². The average molecular weight is 262 g/mol. The SMILES string of the molecule is COc1cc(Cl)c(CCCC(C)N)cc1Cl. The number of hydrogen-bond acceptors (Lipinski definition) is 2. The standard InChI is InChI=1S/C12H17Cl2NO/c1-8(15)4-3-5-9-6-11(14)12(16-2)7-10(9)13/h6-8H,3-5,15H2,1-2H3. The zero-order valence-electron chi connectivity index (χ0n) is 9.59. The van der Waals surface area contributed by atoms with Gasteiger partial charge in [-0.25, -0.2) is 0 Å². The van der Waals surface area contributed by atoms with Gasteiger partial charge in [-0.15, -0.1) is 0 Å². The minimum Gasteiger partial charge on any atom is -0.495 e. The number of methoxy groups -OCH3 is 1. The van der Waals surface area contributed by atoms with Crippen LogP contribution in [0.5, 0.6) is 5.75 Å². The van der Waals surface area contributed by atoms with Crippen molar-refractivity contribution in [1.82, 2.24) is 0 Å². The summed E-state index contributed by atoms with van der Waals surface area (Å²) in [5, 5.41) is 1.30. The van der Waals surface area contributed by atoms with Gasteiger partial charge in [-0.1, -0.05) is 23.2 Å². The number of ether oxygens (including phenoxy) is 1. The van der Waals surface area contributed by atoms with Crippen LogP contribution in [0.15, 0.2) is 12.1 Å². The first-order valence-electron chi connectivity index (χ1n) is 5.32. The summed E-state index contributed by atoms with van der Waals surface area (Å²) in [6.45, 7) is 2.00. The van der Waals surface area contributed by atoms with Crippen molar-refractivity contribution >= 4 is 23.2 Å². The van der Waals surface area contributed by atoms with Crippen LogP contribution in [-0.2, 0) is 6.42 Å². The van der Waals surface area contributed by atoms with Crippen LogP contribution in [-0.4, -0.2) is 13.2 Å². The Morgan fingerprint density at radius 2 is 2.00 bits per heavy atom. The lowest BCUT2D eigenvalue weighted by Crippen LogP contribution is -2.14. The largest absolute Gasteiger partial charge is 0.495 e. The molecule has 0 saturated carbocycles. The van der Waals surface area contributed by atoms with Gasteiger partial charge in [0.15, 0.2) is 0 Å². The first kappa shape index (κ1) is 13.6. The van der Waals surface area contributed by atoms with Gasteiger partial charge in [-0.2, -0.15) is 0 Å². The monoisotopic (exact) mass is 261 g/mol. The highest BCUT2D eigenvalue weighted by Crippen LogP contribution is 2.31. The molecule has 1 unspecified atom stereocenters. The van der Waals surface area contributed by atoms with Crippen LogP contribution in [0.3, 0.4) is 0 Å². The molecule has 0 fully saturated rings. The Morgan fingerprint density at radius 1 is 1.31 bits per heavy atom. The van der Waals surface area contributed by atoms with Gasteiger partial charge < -0.3 is 10.5 Å². The van der Waals surface area contributed by atoms with Crippen LogP contribution in [0.4, 0.5) is 0 Å². The number of halogens is 2. The molecule has 0 radical (unpaired) electrons. The Hall–Kier alpha value is -0.440. The molecule has 16 heavy (non-hydrogen) atoms. The molecule has 0 aliphatic rings. The van der Waals surface area contributed by atoms with Crippen LogP contribution >= 0.6 is 23.2 Å². The fourth-order valence-electron chi connectivity index (χ4n) is 1.53. The molecule has 1 aromatic carbocycles. The van der Waals surface area contributed by atoms with Gasteiger partial charge in [0.05, 0.1) is 12.1 Å². The number of nitrogens with two attached hydrogens (primary N) is 1. The quantitative estimate of drug-likeness (QED) is 0.878. The van der Waals surface area contributed by atoms with E-state index in [4.69, 9.17) is 33.7 Å². The molecule has 0 aliphatic heterocycles. The van der Waals surface area contributed by atoms with Gasteiger partial charge >= 0.3 is 0 Å². The molecular formula is C12H17Cl2NO. The molecule has 1 atom stereocenters. The van der Waals surface area contributed by atoms with Gasteiger partial charge in [0.25, 0.3) is 0 Å². The van der Waals surface area contributed by atoms with E-state index in [1.54, 1.807) is 13.2 Å². The normalized spacial score (nSPS) is 12.6. The summed E-state index contributed by atoms with van der Waals surface area (Å²) in [5.74, 6) is 0.614. The average Bonchev–Trinajstić information content (AvgIpc) is 2.22. The van der Waals surface area contributed by atoms with Crippen LogP contribution in [0, 0.1) is 0 Å². The molecule has 0 heterocycles. The molecule has 4 heteroatoms. The summed E-state index contributed by atoms with van der Waals surface area (Å²) in [5.41, 5.74) is 6.74. The van der Waals surface area contributed by atoms with Crippen LogP contribution in [0.25, 0.3) is 0 Å². The maximum absolute atomic E-state index is 6.13. The van der Waals surface area contributed by atoms with Crippen molar-refractivity contribution in [2.75, 3.05) is 7.11 Å². The zero-order valence-corrected chi connectivity index (χ0v) is 11.1. The number of hydrogen-bond donors (Lipinski definition) is 1. The summed E-state index contributed by atoms with van der Waals surface area (Å²) >= 11 is 12.2. The summed E-state index contributed by atoms with van der Waals surface area (Å²) in [4.78, 5) is 0. The third-order valence-corrected chi connectivity index (χ3v) is 3.07. The van der Waals surface area contributed by atoms with Gasteiger partial charge in [0.1, 0.15) is 5.75 Å². The molecule has 1 aromatic rings. The summed E-state index contributed by atoms with van der Waals surface area (Å²) < 4.78 is 5.09. The van der Waals surface area contributed by atoms with Crippen molar-refractivity contribution in [3.05, 3.63) is 27.7 Å². The lowest BCUT2D eigenvalue weighted by Gasteiger charge is -2.09. The Labute approximate surface area is 107 Å². The van der Waals surface area contributed by atoms with Crippen molar-refractivity contribution < 1.29 is 4.74 Å². The van der Waals surface area contributed by atoms with Gasteiger partial charge in [0.2, 0.25) is 0 Å². The van der Waals surface area contributed by atoms with Crippen molar-refractivity contribution in [2.24, 2.45) is 5.73 Å². The fraction of sp³-hybridized carbons (Fsp3) is 0.500. The Morgan fingerprint density at radius 3 is 2.56 bits per heavy atom. The Kier molecular flexibility index (Phi) is 5.39. The first-order chi connectivity index (χ1) is 7.54. The van der Waals surface area contributed by atoms with E-state index in [0.717, 1.165) is 24.8 Å². The van der Waals surface area contributed by atoms with Crippen LogP contribution in [0.1, 0.15) is 25.3 Å². The van der Waals surface area contributed by atoms with Crippen molar-refractivity contribution in [3.8, 4) is 5.75 Å². The summed E-state index contributed by atoms with van der Waals surface area (Å²) in [6, 6.07) is 3.85. The number of benzene rings is 1. The van der Waals surface area contributed by atoms with Crippen LogP contribution < -0.4 is 10.5 Å². The fourth-order valence-corrected chi connectivity index (χ4v) is 2.04. The van der Waals surface area contributed by atoms with Gasteiger partial charge in [-0.3, -0.25) is 0 Å². The topological polar surface area (TPSA) is 35.2 Å². The van der Waals surface area contributed by atoms with Gasteiger partial charge in [-0.05, 0) is 37.8 Å². The van der Waals surface area contributed by atoms with E-state index in [0.29, 0.717) is 15.8 Å². The Bertz CT molecular complexity index is 353. The molecule has 0 amide bonds. The zero-order chi connectivity index (χ0) is 12.1. The predicted molar refractivity (Wildman–Crippen MR) is 69.6 cm³/mol. The third kappa shape index (κ3) is 3.85. The van der Waals surface area contributed by atoms with Crippen molar-refractivity contribution in [3.63, 3.8) is 0 Å². The molecule has 90 valence electrons. The van der Waals surface area contributed by atoms with E-state index in [2.05, 4.69) is 0 Å². The molecule has 2 N–H and O–H groups in total. The highest BCUT2D eigenvalue weighted by molar-refractivity contribution is 6.34. The lowest BCUT2D eigenvalue weighted by atomic mass is 10.1. The van der Waals surface area contributed by atoms with Gasteiger partial charge in [0, 0.05) is 17.1 Å². The highest BCUT2D eigenvalue weighted by Gasteiger charge is 2.07. The predicted octanol–water partition coefficient (Wildman–Crippen LogP) is 3.67. The minimum absolute atomic E-state index is 0.229. The molecule has 0 aliphatic carbocycles. The number of aryl methyl sites for hydroxylation is 1. The highest BCUT2D eigenvalue weighted by atomic mass is 35.5. The minimum atomic E-state index is 0.229. The second kappa shape index (κ2) is 6.33. The second-order valence-corrected chi connectivity index (χ2v) is 4.76. The molecule has 0 bridgehead atoms. The Balaban J connectivity index is 2.70. The third-order valence-electron chi connectivity index (χ3n) is 2.43. The summed E-state index contributed by atoms with van der Waals surface area (Å²) in [7, 11) is 1.58. The van der Waals surface area contributed by atoms with E-state index in [9.17, 15) is 0 Å². The maximum atomic E-state index is 6.13. The molecule has 0 spiro atoms. The van der Waals surface area contributed by atoms with Crippen molar-refractivity contribution in [1.29, 1.82) is 0 Å². The van der Waals surface area contributed by atoms with E-state index in [1.165, 1.54) is 0 Å². The maximum Gasteiger partial charge on any atom is 0.138 e. The molecule has 0 saturated heterocycles. The van der Waals surface area contributed by atoms with E-state index >= 15 is 0 Å².